The summed E-state index contributed by atoms with van der Waals surface area (Å²) in [4.78, 5) is 21.9. The van der Waals surface area contributed by atoms with Crippen molar-refractivity contribution in [3.63, 3.8) is 0 Å². The van der Waals surface area contributed by atoms with E-state index < -0.39 is 10.0 Å². The molecule has 1 saturated carbocycles. The summed E-state index contributed by atoms with van der Waals surface area (Å²) < 4.78 is 28.1. The molecule has 2 heterocycles. The van der Waals surface area contributed by atoms with E-state index in [0.717, 1.165) is 40.6 Å². The van der Waals surface area contributed by atoms with Crippen LogP contribution >= 0.6 is 0 Å². The van der Waals surface area contributed by atoms with Crippen molar-refractivity contribution < 1.29 is 13.2 Å². The molecule has 8 heteroatoms. The smallest absolute Gasteiger partial charge is 0.252 e. The van der Waals surface area contributed by atoms with Crippen LogP contribution in [0.3, 0.4) is 0 Å². The van der Waals surface area contributed by atoms with Gasteiger partial charge in [0, 0.05) is 55.3 Å². The number of pyridine rings is 1. The molecule has 7 nitrogen and oxygen atoms in total. The van der Waals surface area contributed by atoms with Gasteiger partial charge in [0.05, 0.1) is 21.7 Å². The summed E-state index contributed by atoms with van der Waals surface area (Å²) in [5, 5.41) is 4.23. The zero-order chi connectivity index (χ0) is 29.8. The molecule has 224 valence electrons. The van der Waals surface area contributed by atoms with Gasteiger partial charge < -0.3 is 5.32 Å². The number of para-hydroxylation sites is 1. The standard InChI is InChI=1S/C35H40N4O3S/c1-26(27-13-5-2-6-14-27)36-35(40)33-30-19-11-12-20-32(30)37-34(28-15-7-3-8-16-28)31(33)25-38-21-23-39(24-22-38)43(41,42)29-17-9-4-10-18-29/h3-4,7-12,15-20,26-27H,2,5-6,13-14,21-25H2,1H3,(H,36,40)/t26-/m0/s1. The number of carbonyl (C=O) groups excluding carboxylic acids is 1. The Kier molecular flexibility index (Phi) is 8.88. The van der Waals surface area contributed by atoms with Gasteiger partial charge in [-0.2, -0.15) is 4.31 Å². The highest BCUT2D eigenvalue weighted by Gasteiger charge is 2.31. The Balaban J connectivity index is 1.34. The monoisotopic (exact) mass is 596 g/mol. The number of rotatable bonds is 8. The molecule has 4 aromatic rings. The fourth-order valence-corrected chi connectivity index (χ4v) is 8.07. The van der Waals surface area contributed by atoms with E-state index in [0.29, 0.717) is 49.1 Å². The average Bonchev–Trinajstić information content (AvgIpc) is 3.05. The largest absolute Gasteiger partial charge is 0.349 e. The van der Waals surface area contributed by atoms with E-state index in [1.807, 2.05) is 60.7 Å². The van der Waals surface area contributed by atoms with Gasteiger partial charge in [0.15, 0.2) is 0 Å². The number of carbonyl (C=O) groups is 1. The average molecular weight is 597 g/mol. The number of nitrogens with zero attached hydrogens (tertiary/aromatic N) is 3. The maximum atomic E-state index is 14.3. The topological polar surface area (TPSA) is 82.6 Å². The van der Waals surface area contributed by atoms with Crippen LogP contribution in [0.4, 0.5) is 0 Å². The summed E-state index contributed by atoms with van der Waals surface area (Å²) >= 11 is 0. The molecule has 1 amide bonds. The third-order valence-corrected chi connectivity index (χ3v) is 11.0. The lowest BCUT2D eigenvalue weighted by atomic mass is 9.84. The van der Waals surface area contributed by atoms with Crippen LogP contribution in [0.1, 0.15) is 54.9 Å². The molecule has 3 aromatic carbocycles. The van der Waals surface area contributed by atoms with Gasteiger partial charge in [-0.3, -0.25) is 9.69 Å². The molecule has 2 fully saturated rings. The Bertz CT molecular complexity index is 1660. The van der Waals surface area contributed by atoms with Crippen molar-refractivity contribution in [1.82, 2.24) is 19.5 Å². The third-order valence-electron chi connectivity index (χ3n) is 9.08. The van der Waals surface area contributed by atoms with Crippen molar-refractivity contribution in [2.75, 3.05) is 26.2 Å². The van der Waals surface area contributed by atoms with Crippen LogP contribution in [0.15, 0.2) is 89.8 Å². The van der Waals surface area contributed by atoms with Crippen LogP contribution in [0, 0.1) is 5.92 Å². The molecule has 0 spiro atoms. The SMILES string of the molecule is C[C@H](NC(=O)c1c(CN2CCN(S(=O)(=O)c3ccccc3)CC2)c(-c2ccccc2)nc2ccccc12)C1CCCCC1. The minimum atomic E-state index is -3.55. The minimum Gasteiger partial charge on any atom is -0.349 e. The Morgan fingerprint density at radius 2 is 1.49 bits per heavy atom. The second-order valence-corrected chi connectivity index (χ2v) is 13.8. The summed E-state index contributed by atoms with van der Waals surface area (Å²) in [6.07, 6.45) is 6.02. The molecule has 1 aromatic heterocycles. The fourth-order valence-electron chi connectivity index (χ4n) is 6.62. The molecule has 1 aliphatic heterocycles. The van der Waals surface area contributed by atoms with Crippen molar-refractivity contribution in [1.29, 1.82) is 0 Å². The molecule has 0 radical (unpaired) electrons. The summed E-state index contributed by atoms with van der Waals surface area (Å²) in [5.41, 5.74) is 4.11. The highest BCUT2D eigenvalue weighted by atomic mass is 32.2. The number of hydrogen-bond acceptors (Lipinski definition) is 5. The zero-order valence-electron chi connectivity index (χ0n) is 24.8. The summed E-state index contributed by atoms with van der Waals surface area (Å²) in [5.74, 6) is 0.427. The van der Waals surface area contributed by atoms with Gasteiger partial charge in [-0.1, -0.05) is 86.0 Å². The summed E-state index contributed by atoms with van der Waals surface area (Å²) in [6, 6.07) is 26.6. The van der Waals surface area contributed by atoms with Crippen LogP contribution < -0.4 is 5.32 Å². The van der Waals surface area contributed by atoms with Crippen LogP contribution in [0.2, 0.25) is 0 Å². The van der Waals surface area contributed by atoms with Crippen molar-refractivity contribution in [3.8, 4) is 11.3 Å². The van der Waals surface area contributed by atoms with Gasteiger partial charge in [-0.05, 0) is 43.9 Å². The first-order chi connectivity index (χ1) is 20.9. The molecule has 1 N–H and O–H groups in total. The molecular formula is C35H40N4O3S. The molecule has 2 aliphatic rings. The van der Waals surface area contributed by atoms with Crippen molar-refractivity contribution in [3.05, 3.63) is 96.1 Å². The van der Waals surface area contributed by atoms with Gasteiger partial charge in [0.1, 0.15) is 0 Å². The number of amides is 1. The summed E-state index contributed by atoms with van der Waals surface area (Å²) in [6.45, 7) is 4.54. The van der Waals surface area contributed by atoms with Gasteiger partial charge in [0.25, 0.3) is 5.91 Å². The molecule has 43 heavy (non-hydrogen) atoms. The lowest BCUT2D eigenvalue weighted by Crippen LogP contribution is -2.48. The number of hydrogen-bond donors (Lipinski definition) is 1. The van der Waals surface area contributed by atoms with Crippen molar-refractivity contribution in [2.45, 2.75) is 56.5 Å². The first-order valence-electron chi connectivity index (χ1n) is 15.5. The highest BCUT2D eigenvalue weighted by Crippen LogP contribution is 2.33. The number of piperazine rings is 1. The molecule has 0 bridgehead atoms. The number of fused-ring (bicyclic) bond motifs is 1. The van der Waals surface area contributed by atoms with Gasteiger partial charge in [-0.15, -0.1) is 0 Å². The Labute approximate surface area is 255 Å². The Morgan fingerprint density at radius 3 is 2.19 bits per heavy atom. The van der Waals surface area contributed by atoms with Crippen LogP contribution in [0.5, 0.6) is 0 Å². The maximum absolute atomic E-state index is 14.3. The number of nitrogens with one attached hydrogen (secondary N) is 1. The van der Waals surface area contributed by atoms with E-state index in [-0.39, 0.29) is 11.9 Å². The Morgan fingerprint density at radius 1 is 0.860 bits per heavy atom. The lowest BCUT2D eigenvalue weighted by Gasteiger charge is -2.35. The van der Waals surface area contributed by atoms with Crippen LogP contribution in [-0.2, 0) is 16.6 Å². The highest BCUT2D eigenvalue weighted by molar-refractivity contribution is 7.89. The molecule has 1 atom stereocenters. The molecular weight excluding hydrogens is 556 g/mol. The van der Waals surface area contributed by atoms with Crippen LogP contribution in [0.25, 0.3) is 22.2 Å². The normalized spacial score (nSPS) is 18.0. The summed E-state index contributed by atoms with van der Waals surface area (Å²) in [7, 11) is -3.55. The number of aromatic nitrogens is 1. The van der Waals surface area contributed by atoms with Crippen molar-refractivity contribution in [2.24, 2.45) is 5.92 Å². The van der Waals surface area contributed by atoms with E-state index in [1.165, 1.54) is 19.3 Å². The van der Waals surface area contributed by atoms with Gasteiger partial charge in [-0.25, -0.2) is 13.4 Å². The fraction of sp³-hybridized carbons (Fsp3) is 0.371. The molecule has 6 rings (SSSR count). The first kappa shape index (κ1) is 29.5. The Hall–Kier alpha value is -3.59. The predicted molar refractivity (Wildman–Crippen MR) is 171 cm³/mol. The second kappa shape index (κ2) is 13.0. The number of sulfonamides is 1. The second-order valence-electron chi connectivity index (χ2n) is 11.9. The van der Waals surface area contributed by atoms with E-state index in [9.17, 15) is 13.2 Å². The predicted octanol–water partition coefficient (Wildman–Crippen LogP) is 6.11. The van der Waals surface area contributed by atoms with E-state index in [2.05, 4.69) is 17.1 Å². The van der Waals surface area contributed by atoms with Gasteiger partial charge in [0.2, 0.25) is 10.0 Å². The van der Waals surface area contributed by atoms with E-state index in [4.69, 9.17) is 4.98 Å². The number of benzene rings is 3. The quantitative estimate of drug-likeness (QED) is 0.266. The third kappa shape index (κ3) is 6.37. The van der Waals surface area contributed by atoms with E-state index >= 15 is 0 Å². The minimum absolute atomic E-state index is 0.0610. The zero-order valence-corrected chi connectivity index (χ0v) is 25.6. The molecule has 1 aliphatic carbocycles. The first-order valence-corrected chi connectivity index (χ1v) is 16.9. The lowest BCUT2D eigenvalue weighted by molar-refractivity contribution is 0.0918. The maximum Gasteiger partial charge on any atom is 0.252 e. The van der Waals surface area contributed by atoms with Crippen molar-refractivity contribution >= 4 is 26.8 Å². The van der Waals surface area contributed by atoms with Crippen LogP contribution in [-0.4, -0.2) is 60.7 Å². The molecule has 1 saturated heterocycles. The molecule has 0 unspecified atom stereocenters. The van der Waals surface area contributed by atoms with Gasteiger partial charge >= 0.3 is 0 Å². The van der Waals surface area contributed by atoms with E-state index in [1.54, 1.807) is 28.6 Å².